The van der Waals surface area contributed by atoms with Crippen molar-refractivity contribution in [3.63, 3.8) is 0 Å². The number of carbonyl (C=O) groups excluding carboxylic acids is 1. The smallest absolute Gasteiger partial charge is 0.244 e. The van der Waals surface area contributed by atoms with Crippen LogP contribution in [0, 0.1) is 18.3 Å². The maximum atomic E-state index is 12.7. The van der Waals surface area contributed by atoms with Gasteiger partial charge in [0.05, 0.1) is 16.6 Å². The van der Waals surface area contributed by atoms with E-state index in [1.165, 1.54) is 0 Å². The number of allylic oxidation sites excluding steroid dienone is 1. The SMILES string of the molecule is Cc1ccc2nc(/C(C#N)=C\c3cn(CC(=O)Nc4ccc(Cl)cc4)c4ccccc34)[nH]c2c1. The summed E-state index contributed by atoms with van der Waals surface area (Å²) in [7, 11) is 0. The van der Waals surface area contributed by atoms with E-state index in [9.17, 15) is 10.1 Å². The van der Waals surface area contributed by atoms with Gasteiger partial charge in [-0.25, -0.2) is 4.98 Å². The van der Waals surface area contributed by atoms with E-state index in [4.69, 9.17) is 11.6 Å². The fraction of sp³-hybridized carbons (Fsp3) is 0.0741. The minimum absolute atomic E-state index is 0.128. The van der Waals surface area contributed by atoms with E-state index in [1.807, 2.05) is 60.2 Å². The zero-order valence-corrected chi connectivity index (χ0v) is 19.1. The van der Waals surface area contributed by atoms with Crippen LogP contribution in [0.5, 0.6) is 0 Å². The number of nitrogens with zero attached hydrogens (tertiary/aromatic N) is 3. The van der Waals surface area contributed by atoms with Crippen molar-refractivity contribution >= 4 is 56.8 Å². The number of carbonyl (C=O) groups is 1. The molecule has 3 aromatic carbocycles. The van der Waals surface area contributed by atoms with Gasteiger partial charge in [-0.1, -0.05) is 35.9 Å². The number of imidazole rings is 1. The van der Waals surface area contributed by atoms with Crippen molar-refractivity contribution in [3.05, 3.63) is 94.9 Å². The molecule has 5 rings (SSSR count). The molecule has 0 saturated carbocycles. The van der Waals surface area contributed by atoms with Crippen LogP contribution in [0.4, 0.5) is 5.69 Å². The minimum Gasteiger partial charge on any atom is -0.337 e. The molecule has 0 saturated heterocycles. The quantitative estimate of drug-likeness (QED) is 0.304. The van der Waals surface area contributed by atoms with Gasteiger partial charge in [0.2, 0.25) is 5.91 Å². The average Bonchev–Trinajstić information content (AvgIpc) is 3.40. The van der Waals surface area contributed by atoms with Gasteiger partial charge in [-0.3, -0.25) is 4.79 Å². The number of amides is 1. The number of anilines is 1. The number of nitriles is 1. The molecule has 0 aliphatic carbocycles. The molecule has 6 nitrogen and oxygen atoms in total. The maximum absolute atomic E-state index is 12.7. The number of halogens is 1. The van der Waals surface area contributed by atoms with Crippen molar-refractivity contribution in [2.45, 2.75) is 13.5 Å². The summed E-state index contributed by atoms with van der Waals surface area (Å²) in [6.45, 7) is 2.14. The summed E-state index contributed by atoms with van der Waals surface area (Å²) in [5.41, 5.74) is 5.64. The highest BCUT2D eigenvalue weighted by atomic mass is 35.5. The van der Waals surface area contributed by atoms with E-state index in [2.05, 4.69) is 21.4 Å². The number of aryl methyl sites for hydroxylation is 1. The van der Waals surface area contributed by atoms with Gasteiger partial charge in [-0.2, -0.15) is 5.26 Å². The van der Waals surface area contributed by atoms with Crippen LogP contribution in [0.3, 0.4) is 0 Å². The molecule has 166 valence electrons. The fourth-order valence-corrected chi connectivity index (χ4v) is 4.10. The van der Waals surface area contributed by atoms with Crippen LogP contribution in [-0.4, -0.2) is 20.4 Å². The Bertz CT molecular complexity index is 1600. The zero-order valence-electron chi connectivity index (χ0n) is 18.3. The molecule has 2 N–H and O–H groups in total. The molecule has 0 spiro atoms. The fourth-order valence-electron chi connectivity index (χ4n) is 3.97. The van der Waals surface area contributed by atoms with E-state index in [-0.39, 0.29) is 12.5 Å². The lowest BCUT2D eigenvalue weighted by Gasteiger charge is -2.07. The molecule has 0 radical (unpaired) electrons. The molecule has 0 fully saturated rings. The van der Waals surface area contributed by atoms with E-state index < -0.39 is 0 Å². The first-order valence-corrected chi connectivity index (χ1v) is 11.1. The number of H-pyrrole nitrogens is 1. The number of fused-ring (bicyclic) bond motifs is 2. The Kier molecular flexibility index (Phi) is 5.62. The predicted molar refractivity (Wildman–Crippen MR) is 136 cm³/mol. The highest BCUT2D eigenvalue weighted by Gasteiger charge is 2.13. The van der Waals surface area contributed by atoms with Crippen molar-refractivity contribution in [2.75, 3.05) is 5.32 Å². The summed E-state index contributed by atoms with van der Waals surface area (Å²) in [4.78, 5) is 20.5. The maximum Gasteiger partial charge on any atom is 0.244 e. The number of aromatic amines is 1. The molecule has 5 aromatic rings. The Morgan fingerprint density at radius 1 is 1.18 bits per heavy atom. The Hall–Kier alpha value is -4.34. The third-order valence-corrected chi connectivity index (χ3v) is 5.83. The van der Waals surface area contributed by atoms with Gasteiger partial charge in [0.1, 0.15) is 18.4 Å². The molecular weight excluding hydrogens is 446 g/mol. The minimum atomic E-state index is -0.160. The Morgan fingerprint density at radius 2 is 1.97 bits per heavy atom. The van der Waals surface area contributed by atoms with Crippen LogP contribution in [0.15, 0.2) is 72.9 Å². The van der Waals surface area contributed by atoms with E-state index in [0.29, 0.717) is 22.1 Å². The van der Waals surface area contributed by atoms with Crippen molar-refractivity contribution in [3.8, 4) is 6.07 Å². The summed E-state index contributed by atoms with van der Waals surface area (Å²) < 4.78 is 1.88. The van der Waals surface area contributed by atoms with Crippen molar-refractivity contribution in [1.82, 2.24) is 14.5 Å². The van der Waals surface area contributed by atoms with Crippen LogP contribution < -0.4 is 5.32 Å². The van der Waals surface area contributed by atoms with Gasteiger partial charge in [0, 0.05) is 33.4 Å². The first-order valence-electron chi connectivity index (χ1n) is 10.7. The van der Waals surface area contributed by atoms with Crippen molar-refractivity contribution in [2.24, 2.45) is 0 Å². The monoisotopic (exact) mass is 465 g/mol. The number of para-hydroxylation sites is 1. The third-order valence-electron chi connectivity index (χ3n) is 5.57. The Balaban J connectivity index is 1.48. The second-order valence-corrected chi connectivity index (χ2v) is 8.50. The van der Waals surface area contributed by atoms with Gasteiger partial charge in [0.25, 0.3) is 0 Å². The van der Waals surface area contributed by atoms with E-state index in [1.54, 1.807) is 30.3 Å². The molecule has 34 heavy (non-hydrogen) atoms. The summed E-state index contributed by atoms with van der Waals surface area (Å²) >= 11 is 5.92. The number of hydrogen-bond acceptors (Lipinski definition) is 3. The standard InChI is InChI=1S/C27H20ClN5O/c1-17-6-11-23-24(12-17)32-27(31-23)18(14-29)13-19-15-33(25-5-3-2-4-22(19)25)16-26(34)30-21-9-7-20(28)8-10-21/h2-13,15H,16H2,1H3,(H,30,34)(H,31,32)/b18-13-. The van der Waals surface area contributed by atoms with Gasteiger partial charge in [-0.15, -0.1) is 0 Å². The van der Waals surface area contributed by atoms with Gasteiger partial charge in [0.15, 0.2) is 0 Å². The second kappa shape index (κ2) is 8.89. The van der Waals surface area contributed by atoms with E-state index in [0.717, 1.165) is 33.1 Å². The predicted octanol–water partition coefficient (Wildman–Crippen LogP) is 6.18. The number of rotatable bonds is 5. The molecule has 0 bridgehead atoms. The molecule has 7 heteroatoms. The van der Waals surface area contributed by atoms with Gasteiger partial charge in [-0.05, 0) is 61.0 Å². The molecule has 1 amide bonds. The molecule has 0 atom stereocenters. The summed E-state index contributed by atoms with van der Waals surface area (Å²) in [6, 6.07) is 23.0. The lowest BCUT2D eigenvalue weighted by Crippen LogP contribution is -2.18. The summed E-state index contributed by atoms with van der Waals surface area (Å²) in [5.74, 6) is 0.354. The average molecular weight is 466 g/mol. The summed E-state index contributed by atoms with van der Waals surface area (Å²) in [5, 5.41) is 14.3. The van der Waals surface area contributed by atoms with Crippen LogP contribution in [0.2, 0.25) is 5.02 Å². The summed E-state index contributed by atoms with van der Waals surface area (Å²) in [6.07, 6.45) is 3.69. The van der Waals surface area contributed by atoms with Crippen LogP contribution in [-0.2, 0) is 11.3 Å². The normalized spacial score (nSPS) is 11.6. The lowest BCUT2D eigenvalue weighted by atomic mass is 10.1. The number of nitrogens with one attached hydrogen (secondary N) is 2. The molecule has 2 aromatic heterocycles. The van der Waals surface area contributed by atoms with E-state index >= 15 is 0 Å². The third kappa shape index (κ3) is 4.29. The van der Waals surface area contributed by atoms with Crippen molar-refractivity contribution in [1.29, 1.82) is 5.26 Å². The molecule has 0 aliphatic rings. The molecular formula is C27H20ClN5O. The topological polar surface area (TPSA) is 86.5 Å². The highest BCUT2D eigenvalue weighted by Crippen LogP contribution is 2.26. The molecule has 2 heterocycles. The van der Waals surface area contributed by atoms with Crippen LogP contribution >= 0.6 is 11.6 Å². The lowest BCUT2D eigenvalue weighted by molar-refractivity contribution is -0.116. The Labute approximate surface area is 201 Å². The first-order chi connectivity index (χ1) is 16.5. The molecule has 0 aliphatic heterocycles. The zero-order chi connectivity index (χ0) is 23.7. The van der Waals surface area contributed by atoms with Gasteiger partial charge >= 0.3 is 0 Å². The second-order valence-electron chi connectivity index (χ2n) is 8.06. The largest absolute Gasteiger partial charge is 0.337 e. The van der Waals surface area contributed by atoms with Crippen molar-refractivity contribution < 1.29 is 4.79 Å². The van der Waals surface area contributed by atoms with Gasteiger partial charge < -0.3 is 14.9 Å². The number of aromatic nitrogens is 3. The Morgan fingerprint density at radius 3 is 2.76 bits per heavy atom. The molecule has 0 unspecified atom stereocenters. The highest BCUT2D eigenvalue weighted by molar-refractivity contribution is 6.30. The number of hydrogen-bond donors (Lipinski definition) is 2. The van der Waals surface area contributed by atoms with Crippen LogP contribution in [0.25, 0.3) is 33.6 Å². The van der Waals surface area contributed by atoms with Crippen LogP contribution in [0.1, 0.15) is 17.0 Å². The number of benzene rings is 3. The first kappa shape index (κ1) is 21.5.